The van der Waals surface area contributed by atoms with Crippen LogP contribution >= 0.6 is 11.6 Å². The van der Waals surface area contributed by atoms with Crippen molar-refractivity contribution >= 4 is 29.5 Å². The van der Waals surface area contributed by atoms with Crippen molar-refractivity contribution < 1.29 is 19.1 Å². The van der Waals surface area contributed by atoms with Crippen LogP contribution in [0.25, 0.3) is 0 Å². The van der Waals surface area contributed by atoms with Gasteiger partial charge in [0.05, 0.1) is 0 Å². The van der Waals surface area contributed by atoms with E-state index in [-0.39, 0.29) is 17.7 Å². The number of carbonyl (C=O) groups excluding carboxylic acids is 3. The monoisotopic (exact) mass is 406 g/mol. The number of carbonyl (C=O) groups is 3. The van der Waals surface area contributed by atoms with E-state index < -0.39 is 24.1 Å². The highest BCUT2D eigenvalue weighted by Crippen LogP contribution is 2.38. The zero-order valence-electron chi connectivity index (χ0n) is 16.8. The van der Waals surface area contributed by atoms with Crippen molar-refractivity contribution in [3.05, 3.63) is 28.3 Å². The number of amides is 3. The van der Waals surface area contributed by atoms with E-state index >= 15 is 0 Å². The summed E-state index contributed by atoms with van der Waals surface area (Å²) in [6, 6.07) is 2.98. The molecule has 1 spiro atoms. The summed E-state index contributed by atoms with van der Waals surface area (Å²) in [7, 11) is 0. The van der Waals surface area contributed by atoms with Crippen molar-refractivity contribution in [1.82, 2.24) is 10.2 Å². The standard InChI is InChI=1S/C21H27ClN2O4/c1-12(2)15-10-16(22)13(3)9-17(15)28-18(25)11-24-19(26)21(23-20(24)27)8-6-5-7-14(21)4/h9-10,12,14H,5-8,11H2,1-4H3,(H,23,27)/t14-,21+/m0/s1. The zero-order chi connectivity index (χ0) is 20.6. The van der Waals surface area contributed by atoms with E-state index in [2.05, 4.69) is 5.32 Å². The fourth-order valence-electron chi connectivity index (χ4n) is 4.13. The molecular weight excluding hydrogens is 380 g/mol. The minimum absolute atomic E-state index is 0.0465. The minimum Gasteiger partial charge on any atom is -0.425 e. The van der Waals surface area contributed by atoms with Crippen molar-refractivity contribution in [2.45, 2.75) is 64.8 Å². The second kappa shape index (κ2) is 7.74. The average Bonchev–Trinajstić information content (AvgIpc) is 2.85. The Morgan fingerprint density at radius 1 is 1.36 bits per heavy atom. The Balaban J connectivity index is 1.76. The predicted molar refractivity (Wildman–Crippen MR) is 107 cm³/mol. The quantitative estimate of drug-likeness (QED) is 0.462. The number of hydrogen-bond acceptors (Lipinski definition) is 4. The number of nitrogens with one attached hydrogen (secondary N) is 1. The lowest BCUT2D eigenvalue weighted by Crippen LogP contribution is -2.54. The molecule has 28 heavy (non-hydrogen) atoms. The molecule has 1 saturated carbocycles. The van der Waals surface area contributed by atoms with Crippen LogP contribution in [-0.2, 0) is 9.59 Å². The Morgan fingerprint density at radius 2 is 2.07 bits per heavy atom. The molecule has 0 bridgehead atoms. The lowest BCUT2D eigenvalue weighted by Gasteiger charge is -2.36. The molecule has 0 aromatic heterocycles. The minimum atomic E-state index is -0.879. The summed E-state index contributed by atoms with van der Waals surface area (Å²) < 4.78 is 5.53. The van der Waals surface area contributed by atoms with E-state index in [0.29, 0.717) is 17.2 Å². The highest BCUT2D eigenvalue weighted by molar-refractivity contribution is 6.31. The van der Waals surface area contributed by atoms with Gasteiger partial charge in [-0.2, -0.15) is 0 Å². The lowest BCUT2D eigenvalue weighted by molar-refractivity contribution is -0.142. The maximum atomic E-state index is 13.0. The number of imide groups is 1. The summed E-state index contributed by atoms with van der Waals surface area (Å²) in [5.41, 5.74) is 0.715. The van der Waals surface area contributed by atoms with Gasteiger partial charge in [-0.15, -0.1) is 0 Å². The van der Waals surface area contributed by atoms with Gasteiger partial charge < -0.3 is 10.1 Å². The van der Waals surface area contributed by atoms with Gasteiger partial charge in [0.1, 0.15) is 17.8 Å². The Morgan fingerprint density at radius 3 is 2.71 bits per heavy atom. The molecule has 152 valence electrons. The summed E-state index contributed by atoms with van der Waals surface area (Å²) >= 11 is 6.19. The number of esters is 1. The van der Waals surface area contributed by atoms with Gasteiger partial charge in [0.15, 0.2) is 0 Å². The predicted octanol–water partition coefficient (Wildman–Crippen LogP) is 4.18. The zero-order valence-corrected chi connectivity index (χ0v) is 17.6. The van der Waals surface area contributed by atoms with Crippen LogP contribution in [0.4, 0.5) is 4.79 Å². The molecule has 0 radical (unpaired) electrons. The van der Waals surface area contributed by atoms with Crippen LogP contribution < -0.4 is 10.1 Å². The van der Waals surface area contributed by atoms with E-state index in [1.54, 1.807) is 12.1 Å². The highest BCUT2D eigenvalue weighted by atomic mass is 35.5. The second-order valence-corrected chi connectivity index (χ2v) is 8.61. The molecule has 1 heterocycles. The maximum absolute atomic E-state index is 13.0. The van der Waals surface area contributed by atoms with Gasteiger partial charge in [-0.05, 0) is 54.9 Å². The molecule has 1 aliphatic heterocycles. The fraction of sp³-hybridized carbons (Fsp3) is 0.571. The van der Waals surface area contributed by atoms with Crippen molar-refractivity contribution in [2.24, 2.45) is 5.92 Å². The van der Waals surface area contributed by atoms with Gasteiger partial charge in [-0.25, -0.2) is 9.59 Å². The molecule has 1 aromatic rings. The third kappa shape index (κ3) is 3.62. The van der Waals surface area contributed by atoms with Gasteiger partial charge in [0.25, 0.3) is 5.91 Å². The molecule has 2 aliphatic rings. The molecule has 7 heteroatoms. The van der Waals surface area contributed by atoms with Crippen LogP contribution in [0, 0.1) is 12.8 Å². The molecule has 6 nitrogen and oxygen atoms in total. The Labute approximate surface area is 170 Å². The van der Waals surface area contributed by atoms with E-state index in [9.17, 15) is 14.4 Å². The summed E-state index contributed by atoms with van der Waals surface area (Å²) in [5, 5.41) is 3.45. The first-order valence-electron chi connectivity index (χ1n) is 9.80. The summed E-state index contributed by atoms with van der Waals surface area (Å²) in [4.78, 5) is 39.0. The number of ether oxygens (including phenoxy) is 1. The fourth-order valence-corrected chi connectivity index (χ4v) is 4.31. The normalized spacial score (nSPS) is 24.8. The third-order valence-corrected chi connectivity index (χ3v) is 6.33. The molecule has 2 fully saturated rings. The van der Waals surface area contributed by atoms with Crippen LogP contribution in [-0.4, -0.2) is 34.9 Å². The van der Waals surface area contributed by atoms with Gasteiger partial charge in [-0.3, -0.25) is 9.69 Å². The number of aryl methyl sites for hydroxylation is 1. The van der Waals surface area contributed by atoms with E-state index in [1.807, 2.05) is 27.7 Å². The molecule has 0 unspecified atom stereocenters. The highest BCUT2D eigenvalue weighted by Gasteiger charge is 2.55. The Bertz CT molecular complexity index is 823. The van der Waals surface area contributed by atoms with E-state index in [1.165, 1.54) is 0 Å². The summed E-state index contributed by atoms with van der Waals surface area (Å²) in [5.74, 6) is -0.408. The van der Waals surface area contributed by atoms with E-state index in [4.69, 9.17) is 16.3 Å². The Hall–Kier alpha value is -2.08. The molecule has 3 amide bonds. The average molecular weight is 407 g/mol. The molecule has 2 atom stereocenters. The van der Waals surface area contributed by atoms with Crippen LogP contribution in [0.1, 0.15) is 63.5 Å². The topological polar surface area (TPSA) is 75.7 Å². The first kappa shape index (κ1) is 20.6. The maximum Gasteiger partial charge on any atom is 0.331 e. The second-order valence-electron chi connectivity index (χ2n) is 8.21. The Kier molecular flexibility index (Phi) is 5.71. The molecule has 1 aliphatic carbocycles. The first-order chi connectivity index (χ1) is 13.2. The molecule has 3 rings (SSSR count). The van der Waals surface area contributed by atoms with Crippen LogP contribution in [0.15, 0.2) is 12.1 Å². The third-order valence-electron chi connectivity index (χ3n) is 5.93. The van der Waals surface area contributed by atoms with Crippen LogP contribution in [0.2, 0.25) is 5.02 Å². The van der Waals surface area contributed by atoms with Crippen LogP contribution in [0.3, 0.4) is 0 Å². The van der Waals surface area contributed by atoms with Crippen molar-refractivity contribution in [3.63, 3.8) is 0 Å². The molecular formula is C21H27ClN2O4. The first-order valence-corrected chi connectivity index (χ1v) is 10.2. The number of urea groups is 1. The molecule has 1 saturated heterocycles. The van der Waals surface area contributed by atoms with Gasteiger partial charge >= 0.3 is 12.0 Å². The van der Waals surface area contributed by atoms with Gasteiger partial charge in [-0.1, -0.05) is 45.2 Å². The lowest BCUT2D eigenvalue weighted by atomic mass is 9.73. The number of hydrogen-bond donors (Lipinski definition) is 1. The van der Waals surface area contributed by atoms with Crippen LogP contribution in [0.5, 0.6) is 5.75 Å². The van der Waals surface area contributed by atoms with Gasteiger partial charge in [0, 0.05) is 5.02 Å². The molecule has 1 N–H and O–H groups in total. The van der Waals surface area contributed by atoms with Crippen molar-refractivity contribution in [3.8, 4) is 5.75 Å². The van der Waals surface area contributed by atoms with E-state index in [0.717, 1.165) is 35.3 Å². The van der Waals surface area contributed by atoms with Crippen molar-refractivity contribution in [2.75, 3.05) is 6.54 Å². The van der Waals surface area contributed by atoms with Gasteiger partial charge in [0.2, 0.25) is 0 Å². The van der Waals surface area contributed by atoms with Crippen molar-refractivity contribution in [1.29, 1.82) is 0 Å². The SMILES string of the molecule is Cc1cc(OC(=O)CN2C(=O)N[C@@]3(CCCC[C@@H]3C)C2=O)c(C(C)C)cc1Cl. The summed E-state index contributed by atoms with van der Waals surface area (Å²) in [6.45, 7) is 7.35. The number of nitrogens with zero attached hydrogens (tertiary/aromatic N) is 1. The smallest absolute Gasteiger partial charge is 0.331 e. The largest absolute Gasteiger partial charge is 0.425 e. The number of rotatable bonds is 4. The molecule has 1 aromatic carbocycles. The summed E-state index contributed by atoms with van der Waals surface area (Å²) in [6.07, 6.45) is 3.42. The number of halogens is 1. The number of benzene rings is 1.